The fourth-order valence-electron chi connectivity index (χ4n) is 1.89. The van der Waals surface area contributed by atoms with E-state index in [1.54, 1.807) is 0 Å². The van der Waals surface area contributed by atoms with E-state index in [1.807, 2.05) is 42.2 Å². The maximum absolute atomic E-state index is 9.32. The van der Waals surface area contributed by atoms with Gasteiger partial charge in [0.1, 0.15) is 0 Å². The molecule has 4 nitrogen and oxygen atoms in total. The van der Waals surface area contributed by atoms with Gasteiger partial charge in [-0.3, -0.25) is 4.90 Å². The molecule has 1 aromatic rings. The number of hydrogen-bond donors (Lipinski definition) is 3. The fourth-order valence-corrected chi connectivity index (χ4v) is 1.89. The third-order valence-corrected chi connectivity index (χ3v) is 3.03. The molecule has 0 saturated heterocycles. The van der Waals surface area contributed by atoms with Crippen molar-refractivity contribution < 1.29 is 15.3 Å². The van der Waals surface area contributed by atoms with Crippen LogP contribution in [-0.4, -0.2) is 53.1 Å². The highest BCUT2D eigenvalue weighted by molar-refractivity contribution is 5.14. The summed E-state index contributed by atoms with van der Waals surface area (Å²) in [5.74, 6) is 0. The minimum Gasteiger partial charge on any atom is -0.396 e. The zero-order chi connectivity index (χ0) is 13.4. The van der Waals surface area contributed by atoms with E-state index in [0.717, 1.165) is 5.56 Å². The van der Waals surface area contributed by atoms with Crippen LogP contribution in [0.2, 0.25) is 0 Å². The average Bonchev–Trinajstić information content (AvgIpc) is 2.40. The van der Waals surface area contributed by atoms with Crippen LogP contribution < -0.4 is 0 Å². The van der Waals surface area contributed by atoms with Gasteiger partial charge in [-0.2, -0.15) is 0 Å². The highest BCUT2D eigenvalue weighted by Gasteiger charge is 2.25. The monoisotopic (exact) mass is 253 g/mol. The van der Waals surface area contributed by atoms with Crippen molar-refractivity contribution >= 4 is 0 Å². The van der Waals surface area contributed by atoms with E-state index in [9.17, 15) is 10.2 Å². The highest BCUT2D eigenvalue weighted by atomic mass is 16.3. The first-order chi connectivity index (χ1) is 8.63. The first-order valence-corrected chi connectivity index (χ1v) is 6.22. The number of aliphatic hydroxyl groups is 3. The largest absolute Gasteiger partial charge is 0.396 e. The van der Waals surface area contributed by atoms with Gasteiger partial charge in [-0.25, -0.2) is 0 Å². The summed E-state index contributed by atoms with van der Waals surface area (Å²) >= 11 is 0. The van der Waals surface area contributed by atoms with Crippen molar-refractivity contribution in [3.8, 4) is 0 Å². The lowest BCUT2D eigenvalue weighted by molar-refractivity contribution is 0.0279. The molecule has 0 aliphatic carbocycles. The predicted octanol–water partition coefficient (Wildman–Crippen LogP) is 0.472. The molecule has 0 aromatic heterocycles. The van der Waals surface area contributed by atoms with Crippen LogP contribution >= 0.6 is 0 Å². The molecule has 4 heteroatoms. The van der Waals surface area contributed by atoms with Crippen molar-refractivity contribution in [3.63, 3.8) is 0 Å². The van der Waals surface area contributed by atoms with E-state index < -0.39 is 5.41 Å². The maximum atomic E-state index is 9.32. The van der Waals surface area contributed by atoms with Crippen molar-refractivity contribution in [3.05, 3.63) is 35.9 Å². The Kier molecular flexibility index (Phi) is 6.29. The summed E-state index contributed by atoms with van der Waals surface area (Å²) in [6, 6.07) is 9.97. The number of benzene rings is 1. The summed E-state index contributed by atoms with van der Waals surface area (Å²) in [7, 11) is 0. The van der Waals surface area contributed by atoms with Gasteiger partial charge < -0.3 is 15.3 Å². The molecule has 102 valence electrons. The second kappa shape index (κ2) is 7.48. The van der Waals surface area contributed by atoms with E-state index in [-0.39, 0.29) is 19.8 Å². The van der Waals surface area contributed by atoms with Crippen molar-refractivity contribution in [1.29, 1.82) is 0 Å². The molecule has 3 N–H and O–H groups in total. The molecule has 0 aliphatic heterocycles. The molecule has 0 spiro atoms. The normalized spacial score (nSPS) is 12.1. The molecule has 0 aliphatic rings. The van der Waals surface area contributed by atoms with Crippen LogP contribution in [0.25, 0.3) is 0 Å². The van der Waals surface area contributed by atoms with Crippen molar-refractivity contribution in [1.82, 2.24) is 4.90 Å². The summed E-state index contributed by atoms with van der Waals surface area (Å²) in [6.45, 7) is 3.56. The zero-order valence-electron chi connectivity index (χ0n) is 10.9. The summed E-state index contributed by atoms with van der Waals surface area (Å²) < 4.78 is 0. The van der Waals surface area contributed by atoms with Crippen LogP contribution in [0, 0.1) is 5.41 Å². The topological polar surface area (TPSA) is 63.9 Å². The van der Waals surface area contributed by atoms with Gasteiger partial charge in [-0.1, -0.05) is 37.3 Å². The van der Waals surface area contributed by atoms with Gasteiger partial charge in [-0.05, 0) is 5.56 Å². The molecular formula is C14H23NO3. The second-order valence-corrected chi connectivity index (χ2v) is 5.05. The molecule has 0 saturated carbocycles. The average molecular weight is 253 g/mol. The number of rotatable bonds is 8. The minimum atomic E-state index is -0.538. The standard InChI is InChI=1S/C14H23NO3/c1-14(11-17,12-18)10-15(7-8-16)9-13-5-3-2-4-6-13/h2-6,16-18H,7-12H2,1H3. The predicted molar refractivity (Wildman–Crippen MR) is 71.1 cm³/mol. The summed E-state index contributed by atoms with van der Waals surface area (Å²) in [5.41, 5.74) is 0.619. The van der Waals surface area contributed by atoms with E-state index in [4.69, 9.17) is 5.11 Å². The molecule has 0 atom stereocenters. The van der Waals surface area contributed by atoms with E-state index in [1.165, 1.54) is 0 Å². The lowest BCUT2D eigenvalue weighted by atomic mass is 9.92. The lowest BCUT2D eigenvalue weighted by Gasteiger charge is -2.32. The Balaban J connectivity index is 2.65. The number of nitrogens with zero attached hydrogens (tertiary/aromatic N) is 1. The third kappa shape index (κ3) is 4.74. The third-order valence-electron chi connectivity index (χ3n) is 3.03. The Morgan fingerprint density at radius 2 is 1.67 bits per heavy atom. The summed E-state index contributed by atoms with van der Waals surface area (Å²) in [4.78, 5) is 2.04. The van der Waals surface area contributed by atoms with Gasteiger partial charge >= 0.3 is 0 Å². The molecule has 18 heavy (non-hydrogen) atoms. The van der Waals surface area contributed by atoms with Crippen molar-refractivity contribution in [2.45, 2.75) is 13.5 Å². The maximum Gasteiger partial charge on any atom is 0.0558 e. The lowest BCUT2D eigenvalue weighted by Crippen LogP contribution is -2.41. The van der Waals surface area contributed by atoms with E-state index in [2.05, 4.69) is 0 Å². The Bertz CT molecular complexity index is 325. The Morgan fingerprint density at radius 3 is 2.17 bits per heavy atom. The van der Waals surface area contributed by atoms with Gasteiger partial charge in [0.15, 0.2) is 0 Å². The molecule has 1 rings (SSSR count). The smallest absolute Gasteiger partial charge is 0.0558 e. The Labute approximate surface area is 108 Å². The van der Waals surface area contributed by atoms with Gasteiger partial charge in [0.2, 0.25) is 0 Å². The van der Waals surface area contributed by atoms with Gasteiger partial charge in [-0.15, -0.1) is 0 Å². The quantitative estimate of drug-likeness (QED) is 0.630. The molecule has 0 unspecified atom stereocenters. The van der Waals surface area contributed by atoms with Crippen molar-refractivity contribution in [2.24, 2.45) is 5.41 Å². The Hall–Kier alpha value is -0.940. The van der Waals surface area contributed by atoms with Crippen LogP contribution in [0.3, 0.4) is 0 Å². The molecular weight excluding hydrogens is 230 g/mol. The zero-order valence-corrected chi connectivity index (χ0v) is 10.9. The number of hydrogen-bond acceptors (Lipinski definition) is 4. The van der Waals surface area contributed by atoms with Gasteiger partial charge in [0.25, 0.3) is 0 Å². The Morgan fingerprint density at radius 1 is 1.06 bits per heavy atom. The molecule has 1 aromatic carbocycles. The number of aliphatic hydroxyl groups excluding tert-OH is 3. The van der Waals surface area contributed by atoms with Crippen LogP contribution in [0.5, 0.6) is 0 Å². The summed E-state index contributed by atoms with van der Waals surface area (Å²) in [6.07, 6.45) is 0. The van der Waals surface area contributed by atoms with Gasteiger partial charge in [0, 0.05) is 25.0 Å². The molecule has 0 bridgehead atoms. The highest BCUT2D eigenvalue weighted by Crippen LogP contribution is 2.17. The fraction of sp³-hybridized carbons (Fsp3) is 0.571. The SMILES string of the molecule is CC(CO)(CO)CN(CCO)Cc1ccccc1. The van der Waals surface area contributed by atoms with E-state index >= 15 is 0 Å². The van der Waals surface area contributed by atoms with Crippen LogP contribution in [0.15, 0.2) is 30.3 Å². The first-order valence-electron chi connectivity index (χ1n) is 6.22. The molecule has 0 heterocycles. The molecule has 0 fully saturated rings. The van der Waals surface area contributed by atoms with Gasteiger partial charge in [0.05, 0.1) is 19.8 Å². The minimum absolute atomic E-state index is 0.0692. The first kappa shape index (κ1) is 15.1. The van der Waals surface area contributed by atoms with Crippen molar-refractivity contribution in [2.75, 3.05) is 32.9 Å². The molecule has 0 amide bonds. The van der Waals surface area contributed by atoms with Crippen LogP contribution in [0.1, 0.15) is 12.5 Å². The summed E-state index contributed by atoms with van der Waals surface area (Å²) in [5, 5.41) is 27.7. The van der Waals surface area contributed by atoms with E-state index in [0.29, 0.717) is 19.6 Å². The molecule has 0 radical (unpaired) electrons. The van der Waals surface area contributed by atoms with Crippen LogP contribution in [-0.2, 0) is 6.54 Å². The van der Waals surface area contributed by atoms with Crippen LogP contribution in [0.4, 0.5) is 0 Å². The second-order valence-electron chi connectivity index (χ2n) is 5.05.